The number of carbonyl (C=O) groups excluding carboxylic acids is 1. The number of aromatic nitrogens is 4. The summed E-state index contributed by atoms with van der Waals surface area (Å²) in [5.74, 6) is 1.47. The van der Waals surface area contributed by atoms with Gasteiger partial charge in [0, 0.05) is 70.2 Å². The van der Waals surface area contributed by atoms with Gasteiger partial charge in [-0.05, 0) is 38.0 Å². The number of hydrogen-bond donors (Lipinski definition) is 1. The van der Waals surface area contributed by atoms with Crippen molar-refractivity contribution in [3.63, 3.8) is 0 Å². The van der Waals surface area contributed by atoms with Gasteiger partial charge in [-0.2, -0.15) is 5.10 Å². The minimum Gasteiger partial charge on any atom is -0.474 e. The van der Waals surface area contributed by atoms with E-state index in [0.717, 1.165) is 48.4 Å². The molecule has 1 aliphatic carbocycles. The highest BCUT2D eigenvalue weighted by Gasteiger charge is 2.38. The first-order chi connectivity index (χ1) is 18.0. The molecule has 0 spiro atoms. The van der Waals surface area contributed by atoms with Crippen molar-refractivity contribution in [3.8, 4) is 17.0 Å². The maximum absolute atomic E-state index is 12.9. The van der Waals surface area contributed by atoms with Crippen LogP contribution < -0.4 is 9.64 Å². The maximum Gasteiger partial charge on any atom is 0.410 e. The molecule has 0 radical (unpaired) electrons. The molecule has 2 saturated heterocycles. The minimum absolute atomic E-state index is 0.115. The van der Waals surface area contributed by atoms with Crippen LogP contribution in [-0.2, 0) is 4.74 Å². The van der Waals surface area contributed by atoms with Gasteiger partial charge in [-0.3, -0.25) is 4.90 Å². The third kappa shape index (κ3) is 5.05. The Morgan fingerprint density at radius 3 is 2.78 bits per heavy atom. The van der Waals surface area contributed by atoms with E-state index >= 15 is 0 Å². The molecular weight excluding hydrogens is 474 g/mol. The lowest BCUT2D eigenvalue weighted by Gasteiger charge is -2.36. The lowest BCUT2D eigenvalue weighted by molar-refractivity contribution is 0.00667. The number of nitrogens with zero attached hydrogens (tertiary/aromatic N) is 7. The largest absolute Gasteiger partial charge is 0.474 e. The molecule has 11 nitrogen and oxygen atoms in total. The summed E-state index contributed by atoms with van der Waals surface area (Å²) in [4.78, 5) is 28.4. The molecule has 2 aliphatic heterocycles. The van der Waals surface area contributed by atoms with Crippen molar-refractivity contribution in [3.05, 3.63) is 36.8 Å². The number of rotatable bonds is 7. The lowest BCUT2D eigenvalue weighted by atomic mass is 10.1. The number of ether oxygens (including phenoxy) is 2. The molecule has 5 heterocycles. The van der Waals surface area contributed by atoms with Crippen LogP contribution in [0.2, 0.25) is 0 Å². The van der Waals surface area contributed by atoms with E-state index in [1.54, 1.807) is 15.6 Å². The van der Waals surface area contributed by atoms with Crippen LogP contribution in [0.3, 0.4) is 0 Å². The number of aliphatic hydroxyl groups excluding tert-OH is 1. The van der Waals surface area contributed by atoms with E-state index in [4.69, 9.17) is 14.5 Å². The Kier molecular flexibility index (Phi) is 6.33. The fraction of sp³-hybridized carbons (Fsp3) is 0.538. The van der Waals surface area contributed by atoms with Crippen molar-refractivity contribution >= 4 is 17.6 Å². The fourth-order valence-electron chi connectivity index (χ4n) is 5.09. The monoisotopic (exact) mass is 507 g/mol. The molecule has 3 fully saturated rings. The summed E-state index contributed by atoms with van der Waals surface area (Å²) >= 11 is 0. The highest BCUT2D eigenvalue weighted by atomic mass is 16.6. The van der Waals surface area contributed by atoms with Crippen LogP contribution in [0.15, 0.2) is 36.8 Å². The second-order valence-corrected chi connectivity index (χ2v) is 10.3. The van der Waals surface area contributed by atoms with Gasteiger partial charge in [0.2, 0.25) is 5.88 Å². The molecule has 37 heavy (non-hydrogen) atoms. The molecule has 6 rings (SSSR count). The Balaban J connectivity index is 1.13. The highest BCUT2D eigenvalue weighted by Crippen LogP contribution is 2.35. The summed E-state index contributed by atoms with van der Waals surface area (Å²) < 4.78 is 13.7. The average Bonchev–Trinajstić information content (AvgIpc) is 3.51. The lowest BCUT2D eigenvalue weighted by Crippen LogP contribution is -2.51. The standard InChI is InChI=1S/C26H33N7O4/c1-26(7-10-30(18-26)15-16-34)37-25(35)32-13-11-31(12-14-32)22-6-9-33-23(29-22)21(17-28-33)20-3-2-8-27-24(20)36-19-4-5-19/h2-3,6,8-9,17,19,34H,4-5,7,10-16,18H2,1H3/t26-/m1/s1. The van der Waals surface area contributed by atoms with Crippen molar-refractivity contribution < 1.29 is 19.4 Å². The first-order valence-electron chi connectivity index (χ1n) is 13.0. The smallest absolute Gasteiger partial charge is 0.410 e. The molecule has 0 aromatic carbocycles. The summed E-state index contributed by atoms with van der Waals surface area (Å²) in [6.45, 7) is 6.64. The van der Waals surface area contributed by atoms with E-state index in [0.29, 0.717) is 45.1 Å². The number of β-amino-alcohol motifs (C(OH)–C–C–N with tert-alkyl or cyclic N) is 1. The van der Waals surface area contributed by atoms with Crippen LogP contribution in [0.1, 0.15) is 26.2 Å². The van der Waals surface area contributed by atoms with Crippen molar-refractivity contribution in [1.29, 1.82) is 0 Å². The minimum atomic E-state index is -0.511. The zero-order chi connectivity index (χ0) is 25.4. The molecule has 196 valence electrons. The number of hydrogen-bond acceptors (Lipinski definition) is 9. The van der Waals surface area contributed by atoms with Crippen LogP contribution in [0.4, 0.5) is 10.6 Å². The average molecular weight is 508 g/mol. The summed E-state index contributed by atoms with van der Waals surface area (Å²) in [5.41, 5.74) is 2.00. The fourth-order valence-corrected chi connectivity index (χ4v) is 5.09. The summed E-state index contributed by atoms with van der Waals surface area (Å²) in [5, 5.41) is 13.7. The number of fused-ring (bicyclic) bond motifs is 1. The summed E-state index contributed by atoms with van der Waals surface area (Å²) in [7, 11) is 0. The first-order valence-corrected chi connectivity index (χ1v) is 13.0. The van der Waals surface area contributed by atoms with Crippen LogP contribution in [0.5, 0.6) is 5.88 Å². The van der Waals surface area contributed by atoms with Gasteiger partial charge in [-0.25, -0.2) is 19.3 Å². The van der Waals surface area contributed by atoms with Gasteiger partial charge in [0.05, 0.1) is 18.4 Å². The Morgan fingerprint density at radius 1 is 1.16 bits per heavy atom. The van der Waals surface area contributed by atoms with E-state index in [1.165, 1.54) is 0 Å². The molecular formula is C26H33N7O4. The number of aliphatic hydroxyl groups is 1. The summed E-state index contributed by atoms with van der Waals surface area (Å²) in [6.07, 6.45) is 8.35. The molecule has 1 saturated carbocycles. The Bertz CT molecular complexity index is 1270. The SMILES string of the molecule is C[C@@]1(OC(=O)N2CCN(c3ccn4ncc(-c5cccnc5OC5CC5)c4n3)CC2)CCN(CCO)C1. The van der Waals surface area contributed by atoms with Crippen molar-refractivity contribution in [2.45, 2.75) is 37.9 Å². The van der Waals surface area contributed by atoms with Crippen molar-refractivity contribution in [2.75, 3.05) is 57.3 Å². The molecule has 3 aromatic heterocycles. The molecule has 3 aromatic rings. The molecule has 11 heteroatoms. The molecule has 0 bridgehead atoms. The van der Waals surface area contributed by atoms with Gasteiger partial charge in [0.1, 0.15) is 17.5 Å². The van der Waals surface area contributed by atoms with Gasteiger partial charge in [0.25, 0.3) is 0 Å². The van der Waals surface area contributed by atoms with Gasteiger partial charge >= 0.3 is 6.09 Å². The second kappa shape index (κ2) is 9.79. The van der Waals surface area contributed by atoms with Crippen molar-refractivity contribution in [1.82, 2.24) is 29.4 Å². The molecule has 1 atom stereocenters. The zero-order valence-electron chi connectivity index (χ0n) is 21.1. The van der Waals surface area contributed by atoms with Gasteiger partial charge in [-0.15, -0.1) is 0 Å². The van der Waals surface area contributed by atoms with Gasteiger partial charge in [0.15, 0.2) is 5.65 Å². The van der Waals surface area contributed by atoms with Crippen LogP contribution >= 0.6 is 0 Å². The maximum atomic E-state index is 12.9. The molecule has 0 unspecified atom stereocenters. The van der Waals surface area contributed by atoms with Crippen LogP contribution in [0, 0.1) is 0 Å². The van der Waals surface area contributed by atoms with E-state index < -0.39 is 5.60 Å². The van der Waals surface area contributed by atoms with E-state index in [-0.39, 0.29) is 18.8 Å². The predicted octanol–water partition coefficient (Wildman–Crippen LogP) is 2.05. The van der Waals surface area contributed by atoms with Crippen molar-refractivity contribution in [2.24, 2.45) is 0 Å². The molecule has 3 aliphatic rings. The highest BCUT2D eigenvalue weighted by molar-refractivity contribution is 5.80. The van der Waals surface area contributed by atoms with Gasteiger partial charge < -0.3 is 24.4 Å². The van der Waals surface area contributed by atoms with Gasteiger partial charge in [-0.1, -0.05) is 0 Å². The van der Waals surface area contributed by atoms with E-state index in [1.807, 2.05) is 37.5 Å². The van der Waals surface area contributed by atoms with E-state index in [2.05, 4.69) is 19.9 Å². The Morgan fingerprint density at radius 2 is 2.00 bits per heavy atom. The summed E-state index contributed by atoms with van der Waals surface area (Å²) in [6, 6.07) is 5.85. The number of pyridine rings is 1. The predicted molar refractivity (Wildman–Crippen MR) is 137 cm³/mol. The quantitative estimate of drug-likeness (QED) is 0.514. The normalized spacial score (nSPS) is 22.5. The zero-order valence-corrected chi connectivity index (χ0v) is 21.1. The number of likely N-dealkylation sites (tertiary alicyclic amines) is 1. The first kappa shape index (κ1) is 23.9. The van der Waals surface area contributed by atoms with Crippen LogP contribution in [0.25, 0.3) is 16.8 Å². The second-order valence-electron chi connectivity index (χ2n) is 10.3. The third-order valence-corrected chi connectivity index (χ3v) is 7.35. The Hall–Kier alpha value is -3.44. The number of anilines is 1. The topological polar surface area (TPSA) is 109 Å². The third-order valence-electron chi connectivity index (χ3n) is 7.35. The van der Waals surface area contributed by atoms with E-state index in [9.17, 15) is 9.90 Å². The van der Waals surface area contributed by atoms with Crippen LogP contribution in [-0.4, -0.2) is 105 Å². The Labute approximate surface area is 215 Å². The number of amides is 1. The molecule has 1 N–H and O–H groups in total. The number of carbonyl (C=O) groups is 1. The molecule has 1 amide bonds. The number of piperazine rings is 1.